The van der Waals surface area contributed by atoms with Gasteiger partial charge in [0.15, 0.2) is 0 Å². The molecule has 1 saturated heterocycles. The van der Waals surface area contributed by atoms with Crippen LogP contribution in [0.5, 0.6) is 0 Å². The van der Waals surface area contributed by atoms with E-state index in [0.29, 0.717) is 13.1 Å². The van der Waals surface area contributed by atoms with E-state index in [1.54, 1.807) is 0 Å². The van der Waals surface area contributed by atoms with Gasteiger partial charge < -0.3 is 15.0 Å². The number of halogens is 1. The summed E-state index contributed by atoms with van der Waals surface area (Å²) < 4.78 is 2.04. The van der Waals surface area contributed by atoms with Crippen LogP contribution < -0.4 is 5.32 Å². The summed E-state index contributed by atoms with van der Waals surface area (Å²) in [5, 5.41) is 15.6. The Kier molecular flexibility index (Phi) is 6.47. The van der Waals surface area contributed by atoms with E-state index in [1.165, 1.54) is 5.56 Å². The number of hydrogen-bond donors (Lipinski definition) is 2. The predicted octanol–water partition coefficient (Wildman–Crippen LogP) is 4.09. The number of fused-ring (bicyclic) bond motifs is 1. The van der Waals surface area contributed by atoms with Gasteiger partial charge in [-0.15, -0.1) is 0 Å². The van der Waals surface area contributed by atoms with E-state index >= 15 is 0 Å². The number of para-hydroxylation sites is 2. The molecule has 3 aromatic carbocycles. The molecule has 0 spiro atoms. The highest BCUT2D eigenvalue weighted by atomic mass is 35.5. The van der Waals surface area contributed by atoms with Crippen LogP contribution in [0.15, 0.2) is 85.2 Å². The fraction of sp³-hybridized carbons (Fsp3) is 0.296. The van der Waals surface area contributed by atoms with Gasteiger partial charge in [-0.05, 0) is 35.7 Å². The molecular weight excluding hydrogens is 432 g/mol. The number of aliphatic hydroxyl groups excluding tert-OH is 1. The topological polar surface area (TPSA) is 53.3 Å². The van der Waals surface area contributed by atoms with Crippen molar-refractivity contribution < 1.29 is 5.11 Å². The predicted molar refractivity (Wildman–Crippen MR) is 133 cm³/mol. The number of hydrogen-bond acceptors (Lipinski definition) is 4. The summed E-state index contributed by atoms with van der Waals surface area (Å²) in [7, 11) is 0. The van der Waals surface area contributed by atoms with E-state index in [4.69, 9.17) is 11.6 Å². The summed E-state index contributed by atoms with van der Waals surface area (Å²) in [4.78, 5) is 6.89. The highest BCUT2D eigenvalue weighted by molar-refractivity contribution is 6.31. The molecule has 2 unspecified atom stereocenters. The Morgan fingerprint density at radius 1 is 0.970 bits per heavy atom. The molecule has 0 bridgehead atoms. The number of rotatable bonds is 7. The minimum absolute atomic E-state index is 0.351. The standard InChI is InChI=1S/C27H29ClN4O/c28-24-11-5-4-10-23(24)27(16-21-8-2-1-3-9-21)19-29-14-15-32(27)18-22(33)17-31-20-30-25-12-6-7-13-26(25)31/h1-13,20,22,29,33H,14-19H2. The summed E-state index contributed by atoms with van der Waals surface area (Å²) in [6.07, 6.45) is 2.08. The Bertz CT molecular complexity index is 1210. The molecule has 2 N–H and O–H groups in total. The monoisotopic (exact) mass is 460 g/mol. The summed E-state index contributed by atoms with van der Waals surface area (Å²) >= 11 is 6.77. The summed E-state index contributed by atoms with van der Waals surface area (Å²) in [6, 6.07) is 26.7. The van der Waals surface area contributed by atoms with E-state index < -0.39 is 6.10 Å². The van der Waals surface area contributed by atoms with Crippen LogP contribution in [0.25, 0.3) is 11.0 Å². The number of imidazole rings is 1. The lowest BCUT2D eigenvalue weighted by atomic mass is 9.80. The van der Waals surface area contributed by atoms with Crippen molar-refractivity contribution >= 4 is 22.6 Å². The Hall–Kier alpha value is -2.70. The molecule has 6 heteroatoms. The molecule has 2 heterocycles. The highest BCUT2D eigenvalue weighted by Gasteiger charge is 2.42. The van der Waals surface area contributed by atoms with Crippen molar-refractivity contribution in [1.29, 1.82) is 0 Å². The number of benzene rings is 3. The molecule has 5 nitrogen and oxygen atoms in total. The van der Waals surface area contributed by atoms with Gasteiger partial charge in [0, 0.05) is 31.2 Å². The number of piperazine rings is 1. The molecular formula is C27H29ClN4O. The molecule has 0 aliphatic carbocycles. The van der Waals surface area contributed by atoms with Crippen molar-refractivity contribution in [2.45, 2.75) is 24.6 Å². The largest absolute Gasteiger partial charge is 0.390 e. The third-order valence-corrected chi connectivity index (χ3v) is 6.99. The fourth-order valence-electron chi connectivity index (χ4n) is 5.10. The molecule has 1 aliphatic heterocycles. The van der Waals surface area contributed by atoms with E-state index in [2.05, 4.69) is 51.6 Å². The molecule has 33 heavy (non-hydrogen) atoms. The minimum Gasteiger partial charge on any atom is -0.390 e. The molecule has 170 valence electrons. The van der Waals surface area contributed by atoms with Gasteiger partial charge in [-0.2, -0.15) is 0 Å². The summed E-state index contributed by atoms with van der Waals surface area (Å²) in [5.41, 5.74) is 3.99. The Balaban J connectivity index is 1.46. The van der Waals surface area contributed by atoms with Gasteiger partial charge >= 0.3 is 0 Å². The minimum atomic E-state index is -0.543. The zero-order valence-electron chi connectivity index (χ0n) is 18.6. The van der Waals surface area contributed by atoms with Crippen LogP contribution in [0.2, 0.25) is 5.02 Å². The van der Waals surface area contributed by atoms with Crippen LogP contribution in [0.1, 0.15) is 11.1 Å². The lowest BCUT2D eigenvalue weighted by molar-refractivity contribution is 0.00725. The molecule has 0 saturated carbocycles. The van der Waals surface area contributed by atoms with Gasteiger partial charge in [-0.3, -0.25) is 4.90 Å². The first-order chi connectivity index (χ1) is 16.2. The average molecular weight is 461 g/mol. The first-order valence-corrected chi connectivity index (χ1v) is 11.9. The number of aliphatic hydroxyl groups is 1. The van der Waals surface area contributed by atoms with Crippen molar-refractivity contribution in [3.63, 3.8) is 0 Å². The third-order valence-electron chi connectivity index (χ3n) is 6.66. The van der Waals surface area contributed by atoms with Gasteiger partial charge in [0.05, 0.1) is 35.5 Å². The second-order valence-electron chi connectivity index (χ2n) is 8.84. The molecule has 1 aromatic heterocycles. The smallest absolute Gasteiger partial charge is 0.0959 e. The lowest BCUT2D eigenvalue weighted by Crippen LogP contribution is -2.61. The Morgan fingerprint density at radius 3 is 2.58 bits per heavy atom. The maximum absolute atomic E-state index is 11.2. The van der Waals surface area contributed by atoms with Gasteiger partial charge in [0.2, 0.25) is 0 Å². The first-order valence-electron chi connectivity index (χ1n) is 11.5. The maximum Gasteiger partial charge on any atom is 0.0959 e. The Morgan fingerprint density at radius 2 is 1.73 bits per heavy atom. The molecule has 2 atom stereocenters. The number of nitrogens with zero attached hydrogens (tertiary/aromatic N) is 3. The molecule has 1 aliphatic rings. The summed E-state index contributed by atoms with van der Waals surface area (Å²) in [6.45, 7) is 3.52. The van der Waals surface area contributed by atoms with Gasteiger partial charge in [0.25, 0.3) is 0 Å². The molecule has 0 amide bonds. The Labute approximate surface area is 199 Å². The fourth-order valence-corrected chi connectivity index (χ4v) is 5.41. The van der Waals surface area contributed by atoms with Crippen molar-refractivity contribution in [2.75, 3.05) is 26.2 Å². The normalized spacial score (nSPS) is 20.2. The van der Waals surface area contributed by atoms with Gasteiger partial charge in [-0.1, -0.05) is 72.3 Å². The zero-order chi connectivity index (χ0) is 22.7. The number of β-amino-alcohol motifs (C(OH)–C–C–N with tert-alkyl or cyclic N) is 1. The van der Waals surface area contributed by atoms with E-state index in [-0.39, 0.29) is 5.54 Å². The number of aromatic nitrogens is 2. The molecule has 5 rings (SSSR count). The van der Waals surface area contributed by atoms with Crippen LogP contribution in [0.3, 0.4) is 0 Å². The van der Waals surface area contributed by atoms with Crippen LogP contribution in [-0.2, 0) is 18.5 Å². The van der Waals surface area contributed by atoms with Crippen molar-refractivity contribution in [3.05, 3.63) is 101 Å². The lowest BCUT2D eigenvalue weighted by Gasteiger charge is -2.49. The maximum atomic E-state index is 11.2. The van der Waals surface area contributed by atoms with Crippen LogP contribution in [0, 0.1) is 0 Å². The average Bonchev–Trinajstić information content (AvgIpc) is 3.24. The molecule has 1 fully saturated rings. The van der Waals surface area contributed by atoms with Gasteiger partial charge in [0.1, 0.15) is 0 Å². The van der Waals surface area contributed by atoms with Crippen LogP contribution in [-0.4, -0.2) is 51.8 Å². The van der Waals surface area contributed by atoms with E-state index in [0.717, 1.165) is 47.7 Å². The van der Waals surface area contributed by atoms with Gasteiger partial charge in [-0.25, -0.2) is 4.98 Å². The first kappa shape index (κ1) is 22.1. The third kappa shape index (κ3) is 4.55. The van der Waals surface area contributed by atoms with Crippen molar-refractivity contribution in [3.8, 4) is 0 Å². The zero-order valence-corrected chi connectivity index (χ0v) is 19.3. The van der Waals surface area contributed by atoms with E-state index in [9.17, 15) is 5.11 Å². The van der Waals surface area contributed by atoms with Crippen LogP contribution >= 0.6 is 11.6 Å². The SMILES string of the molecule is OC(CN1CCNCC1(Cc1ccccc1)c1ccccc1Cl)Cn1cnc2ccccc21. The quantitative estimate of drug-likeness (QED) is 0.436. The molecule has 0 radical (unpaired) electrons. The highest BCUT2D eigenvalue weighted by Crippen LogP contribution is 2.38. The van der Waals surface area contributed by atoms with Crippen LogP contribution in [0.4, 0.5) is 0 Å². The number of nitrogens with one attached hydrogen (secondary N) is 1. The van der Waals surface area contributed by atoms with Crippen molar-refractivity contribution in [2.24, 2.45) is 0 Å². The second kappa shape index (κ2) is 9.65. The summed E-state index contributed by atoms with van der Waals surface area (Å²) in [5.74, 6) is 0. The van der Waals surface area contributed by atoms with E-state index in [1.807, 2.05) is 53.4 Å². The van der Waals surface area contributed by atoms with Crippen molar-refractivity contribution in [1.82, 2.24) is 19.8 Å². The second-order valence-corrected chi connectivity index (χ2v) is 9.24. The molecule has 4 aromatic rings.